The normalized spacial score (nSPS) is 18.5. The van der Waals surface area contributed by atoms with Crippen LogP contribution >= 0.6 is 0 Å². The zero-order valence-corrected chi connectivity index (χ0v) is 9.91. The second kappa shape index (κ2) is 5.35. The molecule has 0 radical (unpaired) electrons. The largest absolute Gasteiger partial charge is 0.494 e. The van der Waals surface area contributed by atoms with E-state index in [9.17, 15) is 5.11 Å². The first kappa shape index (κ1) is 11.5. The van der Waals surface area contributed by atoms with Crippen molar-refractivity contribution in [3.8, 4) is 5.75 Å². The topological polar surface area (TPSA) is 29.5 Å². The Kier molecular flexibility index (Phi) is 3.83. The number of fused-ring (bicyclic) bond motifs is 1. The highest BCUT2D eigenvalue weighted by Crippen LogP contribution is 2.33. The first-order chi connectivity index (χ1) is 7.81. The van der Waals surface area contributed by atoms with Crippen molar-refractivity contribution >= 4 is 0 Å². The number of hydrogen-bond acceptors (Lipinski definition) is 2. The molecule has 0 amide bonds. The van der Waals surface area contributed by atoms with Gasteiger partial charge in [-0.05, 0) is 42.5 Å². The van der Waals surface area contributed by atoms with Gasteiger partial charge in [-0.2, -0.15) is 0 Å². The fraction of sp³-hybridized carbons (Fsp3) is 0.571. The van der Waals surface area contributed by atoms with Crippen molar-refractivity contribution in [2.24, 2.45) is 0 Å². The number of hydrogen-bond donors (Lipinski definition) is 1. The van der Waals surface area contributed by atoms with E-state index in [2.05, 4.69) is 13.0 Å². The summed E-state index contributed by atoms with van der Waals surface area (Å²) in [5.41, 5.74) is 2.33. The third-order valence-corrected chi connectivity index (χ3v) is 3.18. The molecule has 1 aromatic rings. The molecule has 1 atom stereocenters. The molecular formula is C14H20O2. The summed E-state index contributed by atoms with van der Waals surface area (Å²) in [5.74, 6) is 0.948. The fourth-order valence-corrected chi connectivity index (χ4v) is 2.20. The molecule has 0 aromatic heterocycles. The quantitative estimate of drug-likeness (QED) is 0.772. The van der Waals surface area contributed by atoms with Gasteiger partial charge in [0.2, 0.25) is 0 Å². The minimum Gasteiger partial charge on any atom is -0.494 e. The van der Waals surface area contributed by atoms with Gasteiger partial charge in [0.05, 0.1) is 12.7 Å². The zero-order chi connectivity index (χ0) is 11.4. The van der Waals surface area contributed by atoms with Crippen molar-refractivity contribution in [3.63, 3.8) is 0 Å². The van der Waals surface area contributed by atoms with E-state index < -0.39 is 0 Å². The minimum atomic E-state index is -0.260. The third-order valence-electron chi connectivity index (χ3n) is 3.18. The average Bonchev–Trinajstić information content (AvgIpc) is 2.66. The molecule has 2 nitrogen and oxygen atoms in total. The van der Waals surface area contributed by atoms with Crippen LogP contribution in [0.2, 0.25) is 0 Å². The molecule has 1 aliphatic rings. The highest BCUT2D eigenvalue weighted by molar-refractivity contribution is 5.39. The maximum absolute atomic E-state index is 9.68. The van der Waals surface area contributed by atoms with Crippen LogP contribution in [-0.2, 0) is 6.42 Å². The summed E-state index contributed by atoms with van der Waals surface area (Å²) >= 11 is 0. The van der Waals surface area contributed by atoms with Gasteiger partial charge in [0, 0.05) is 0 Å². The lowest BCUT2D eigenvalue weighted by Crippen LogP contribution is -1.98. The molecule has 0 saturated carbocycles. The highest BCUT2D eigenvalue weighted by Gasteiger charge is 2.20. The molecule has 0 unspecified atom stereocenters. The van der Waals surface area contributed by atoms with Gasteiger partial charge in [0.25, 0.3) is 0 Å². The van der Waals surface area contributed by atoms with E-state index >= 15 is 0 Å². The molecule has 2 rings (SSSR count). The molecule has 0 spiro atoms. The second-order valence-corrected chi connectivity index (χ2v) is 4.47. The second-order valence-electron chi connectivity index (χ2n) is 4.47. The summed E-state index contributed by atoms with van der Waals surface area (Å²) in [7, 11) is 0. The first-order valence-corrected chi connectivity index (χ1v) is 6.25. The monoisotopic (exact) mass is 220 g/mol. The van der Waals surface area contributed by atoms with Gasteiger partial charge in [-0.25, -0.2) is 0 Å². The van der Waals surface area contributed by atoms with Crippen molar-refractivity contribution in [2.75, 3.05) is 6.61 Å². The molecule has 1 aliphatic carbocycles. The van der Waals surface area contributed by atoms with E-state index in [-0.39, 0.29) is 6.10 Å². The number of aliphatic hydroxyl groups excluding tert-OH is 1. The van der Waals surface area contributed by atoms with Crippen LogP contribution in [0.15, 0.2) is 18.2 Å². The Labute approximate surface area is 97.3 Å². The van der Waals surface area contributed by atoms with Gasteiger partial charge in [-0.1, -0.05) is 25.8 Å². The average molecular weight is 220 g/mol. The smallest absolute Gasteiger partial charge is 0.119 e. The number of benzene rings is 1. The summed E-state index contributed by atoms with van der Waals surface area (Å²) < 4.78 is 5.69. The molecule has 16 heavy (non-hydrogen) atoms. The van der Waals surface area contributed by atoms with Crippen LogP contribution in [0, 0.1) is 0 Å². The molecule has 1 N–H and O–H groups in total. The van der Waals surface area contributed by atoms with Crippen molar-refractivity contribution in [2.45, 2.75) is 45.1 Å². The summed E-state index contributed by atoms with van der Waals surface area (Å²) in [6.07, 6.45) is 5.14. The van der Waals surface area contributed by atoms with E-state index in [0.29, 0.717) is 0 Å². The van der Waals surface area contributed by atoms with Crippen molar-refractivity contribution < 1.29 is 9.84 Å². The third kappa shape index (κ3) is 2.56. The Hall–Kier alpha value is -1.02. The Morgan fingerprint density at radius 2 is 2.25 bits per heavy atom. The summed E-state index contributed by atoms with van der Waals surface area (Å²) in [6.45, 7) is 2.99. The van der Waals surface area contributed by atoms with Gasteiger partial charge in [-0.3, -0.25) is 0 Å². The Morgan fingerprint density at radius 3 is 3.06 bits per heavy atom. The van der Waals surface area contributed by atoms with Crippen LogP contribution in [0.4, 0.5) is 0 Å². The van der Waals surface area contributed by atoms with E-state index in [1.807, 2.05) is 12.1 Å². The first-order valence-electron chi connectivity index (χ1n) is 6.25. The zero-order valence-electron chi connectivity index (χ0n) is 9.91. The summed E-state index contributed by atoms with van der Waals surface area (Å²) in [4.78, 5) is 0. The van der Waals surface area contributed by atoms with E-state index in [0.717, 1.165) is 37.2 Å². The summed E-state index contributed by atoms with van der Waals surface area (Å²) in [5, 5.41) is 9.68. The van der Waals surface area contributed by atoms with Crippen LogP contribution < -0.4 is 4.74 Å². The molecule has 0 heterocycles. The van der Waals surface area contributed by atoms with Gasteiger partial charge in [0.15, 0.2) is 0 Å². The maximum Gasteiger partial charge on any atom is 0.119 e. The predicted octanol–water partition coefficient (Wildman–Crippen LogP) is 3.24. The van der Waals surface area contributed by atoms with Crippen LogP contribution in [0.25, 0.3) is 0 Å². The van der Waals surface area contributed by atoms with Crippen LogP contribution in [0.3, 0.4) is 0 Å². The van der Waals surface area contributed by atoms with E-state index in [1.54, 1.807) is 0 Å². The molecule has 0 bridgehead atoms. The Morgan fingerprint density at radius 1 is 1.38 bits per heavy atom. The minimum absolute atomic E-state index is 0.260. The molecular weight excluding hydrogens is 200 g/mol. The van der Waals surface area contributed by atoms with Gasteiger partial charge < -0.3 is 9.84 Å². The predicted molar refractivity (Wildman–Crippen MR) is 64.7 cm³/mol. The van der Waals surface area contributed by atoms with Crippen molar-refractivity contribution in [1.82, 2.24) is 0 Å². The number of ether oxygens (including phenoxy) is 1. The van der Waals surface area contributed by atoms with Crippen LogP contribution in [-0.4, -0.2) is 11.7 Å². The Bertz CT molecular complexity index is 347. The molecule has 0 aliphatic heterocycles. The molecule has 2 heteroatoms. The lowest BCUT2D eigenvalue weighted by molar-refractivity contribution is 0.180. The fourth-order valence-electron chi connectivity index (χ4n) is 2.20. The van der Waals surface area contributed by atoms with Crippen molar-refractivity contribution in [3.05, 3.63) is 29.3 Å². The standard InChI is InChI=1S/C14H20O2/c1-2-3-4-9-16-12-6-7-13-11(10-12)5-8-14(13)15/h6-7,10,14-15H,2-5,8-9H2,1H3/t14-/m1/s1. The number of rotatable bonds is 5. The molecule has 1 aromatic carbocycles. The maximum atomic E-state index is 9.68. The lowest BCUT2D eigenvalue weighted by Gasteiger charge is -2.08. The van der Waals surface area contributed by atoms with Gasteiger partial charge >= 0.3 is 0 Å². The molecule has 0 saturated heterocycles. The van der Waals surface area contributed by atoms with E-state index in [1.165, 1.54) is 18.4 Å². The number of aryl methyl sites for hydroxylation is 1. The highest BCUT2D eigenvalue weighted by atomic mass is 16.5. The lowest BCUT2D eigenvalue weighted by atomic mass is 10.1. The molecule has 88 valence electrons. The SMILES string of the molecule is CCCCCOc1ccc2c(c1)CC[C@H]2O. The van der Waals surface area contributed by atoms with E-state index in [4.69, 9.17) is 4.74 Å². The van der Waals surface area contributed by atoms with Gasteiger partial charge in [0.1, 0.15) is 5.75 Å². The van der Waals surface area contributed by atoms with Crippen molar-refractivity contribution in [1.29, 1.82) is 0 Å². The number of unbranched alkanes of at least 4 members (excludes halogenated alkanes) is 2. The Balaban J connectivity index is 1.92. The molecule has 0 fully saturated rings. The van der Waals surface area contributed by atoms with Crippen LogP contribution in [0.1, 0.15) is 49.8 Å². The summed E-state index contributed by atoms with van der Waals surface area (Å²) in [6, 6.07) is 6.05. The van der Waals surface area contributed by atoms with Gasteiger partial charge in [-0.15, -0.1) is 0 Å². The number of aliphatic hydroxyl groups is 1. The van der Waals surface area contributed by atoms with Crippen LogP contribution in [0.5, 0.6) is 5.75 Å².